The molecule has 0 saturated carbocycles. The van der Waals surface area contributed by atoms with E-state index in [4.69, 9.17) is 4.74 Å². The van der Waals surface area contributed by atoms with E-state index in [9.17, 15) is 19.7 Å². The van der Waals surface area contributed by atoms with Crippen molar-refractivity contribution in [1.82, 2.24) is 14.7 Å². The summed E-state index contributed by atoms with van der Waals surface area (Å²) in [5, 5.41) is 17.3. The van der Waals surface area contributed by atoms with Gasteiger partial charge in [-0.25, -0.2) is 9.36 Å². The van der Waals surface area contributed by atoms with Crippen molar-refractivity contribution < 1.29 is 19.0 Å². The van der Waals surface area contributed by atoms with Crippen LogP contribution in [0.1, 0.15) is 6.92 Å². The summed E-state index contributed by atoms with van der Waals surface area (Å²) < 4.78 is 10.8. The highest BCUT2D eigenvalue weighted by atomic mass is 16.6. The first-order chi connectivity index (χ1) is 13.5. The normalized spacial score (nSPS) is 10.5. The molecule has 3 rings (SSSR count). The van der Waals surface area contributed by atoms with Gasteiger partial charge in [0, 0.05) is 6.20 Å². The number of nitrogens with one attached hydrogen (secondary N) is 1. The molecule has 0 saturated heterocycles. The third kappa shape index (κ3) is 4.03. The summed E-state index contributed by atoms with van der Waals surface area (Å²) in [4.78, 5) is 39.0. The Hall–Kier alpha value is -4.02. The Morgan fingerprint density at radius 1 is 1.36 bits per heavy atom. The molecule has 2 heterocycles. The first-order valence-electron chi connectivity index (χ1n) is 8.18. The molecule has 0 aliphatic heterocycles. The molecule has 1 aromatic carbocycles. The SMILES string of the molecule is CCOc1ccc(NC(=O)Cn2c(-c3ccccn3)noc2=O)c([N+](=O)[O-])c1. The van der Waals surface area contributed by atoms with E-state index < -0.39 is 23.1 Å². The van der Waals surface area contributed by atoms with Crippen molar-refractivity contribution in [3.8, 4) is 17.3 Å². The Morgan fingerprint density at radius 2 is 2.18 bits per heavy atom. The van der Waals surface area contributed by atoms with Crippen LogP contribution in [0.5, 0.6) is 5.75 Å². The topological polar surface area (TPSA) is 142 Å². The Bertz CT molecular complexity index is 1060. The minimum Gasteiger partial charge on any atom is -0.494 e. The molecule has 3 aromatic rings. The molecule has 0 aliphatic rings. The number of hydrogen-bond acceptors (Lipinski definition) is 8. The Kier molecular flexibility index (Phi) is 5.44. The van der Waals surface area contributed by atoms with Gasteiger partial charge in [0.05, 0.1) is 17.6 Å². The molecule has 1 N–H and O–H groups in total. The fraction of sp³-hybridized carbons (Fsp3) is 0.176. The zero-order chi connectivity index (χ0) is 20.1. The number of anilines is 1. The van der Waals surface area contributed by atoms with Crippen LogP contribution in [0.2, 0.25) is 0 Å². The van der Waals surface area contributed by atoms with E-state index in [-0.39, 0.29) is 17.2 Å². The lowest BCUT2D eigenvalue weighted by Gasteiger charge is -2.09. The Morgan fingerprint density at radius 3 is 2.86 bits per heavy atom. The second kappa shape index (κ2) is 8.12. The molecule has 1 amide bonds. The van der Waals surface area contributed by atoms with E-state index in [1.807, 2.05) is 0 Å². The number of amides is 1. The molecule has 2 aromatic heterocycles. The number of benzene rings is 1. The first kappa shape index (κ1) is 18.8. The highest BCUT2D eigenvalue weighted by molar-refractivity contribution is 5.93. The number of pyridine rings is 1. The zero-order valence-corrected chi connectivity index (χ0v) is 14.7. The monoisotopic (exact) mass is 385 g/mol. The lowest BCUT2D eigenvalue weighted by molar-refractivity contribution is -0.384. The molecule has 11 nitrogen and oxygen atoms in total. The molecule has 0 aliphatic carbocycles. The maximum Gasteiger partial charge on any atom is 0.442 e. The molecular weight excluding hydrogens is 370 g/mol. The van der Waals surface area contributed by atoms with Crippen LogP contribution in [0.4, 0.5) is 11.4 Å². The average molecular weight is 385 g/mol. The number of carbonyl (C=O) groups excluding carboxylic acids is 1. The van der Waals surface area contributed by atoms with Gasteiger partial charge < -0.3 is 10.1 Å². The maximum atomic E-state index is 12.4. The standard InChI is InChI=1S/C17H15N5O6/c1-2-27-11-6-7-12(14(9-11)22(25)26)19-15(23)10-21-16(20-28-17(21)24)13-5-3-4-8-18-13/h3-9H,2,10H2,1H3,(H,19,23). The summed E-state index contributed by atoms with van der Waals surface area (Å²) in [7, 11) is 0. The Labute approximate surface area is 157 Å². The largest absolute Gasteiger partial charge is 0.494 e. The van der Waals surface area contributed by atoms with E-state index in [0.29, 0.717) is 18.1 Å². The van der Waals surface area contributed by atoms with E-state index in [1.54, 1.807) is 25.1 Å². The quantitative estimate of drug-likeness (QED) is 0.479. The molecule has 0 radical (unpaired) electrons. The van der Waals surface area contributed by atoms with Crippen LogP contribution in [0, 0.1) is 10.1 Å². The van der Waals surface area contributed by atoms with Gasteiger partial charge in [0.2, 0.25) is 11.7 Å². The van der Waals surface area contributed by atoms with Gasteiger partial charge in [-0.15, -0.1) is 0 Å². The lowest BCUT2D eigenvalue weighted by Crippen LogP contribution is -2.26. The maximum absolute atomic E-state index is 12.4. The summed E-state index contributed by atoms with van der Waals surface area (Å²) in [6.45, 7) is 1.63. The van der Waals surface area contributed by atoms with Crippen molar-refractivity contribution in [3.63, 3.8) is 0 Å². The summed E-state index contributed by atoms with van der Waals surface area (Å²) in [5.41, 5.74) is -0.0162. The van der Waals surface area contributed by atoms with Crippen LogP contribution in [0.25, 0.3) is 11.5 Å². The summed E-state index contributed by atoms with van der Waals surface area (Å²) in [6.07, 6.45) is 1.50. The number of nitro benzene ring substituents is 1. The molecule has 11 heteroatoms. The van der Waals surface area contributed by atoms with Crippen LogP contribution >= 0.6 is 0 Å². The number of nitro groups is 1. The van der Waals surface area contributed by atoms with Crippen LogP contribution in [-0.4, -0.2) is 32.1 Å². The fourth-order valence-electron chi connectivity index (χ4n) is 2.44. The van der Waals surface area contributed by atoms with Gasteiger partial charge in [0.15, 0.2) is 0 Å². The molecule has 144 valence electrons. The van der Waals surface area contributed by atoms with Gasteiger partial charge in [-0.2, -0.15) is 0 Å². The lowest BCUT2D eigenvalue weighted by atomic mass is 10.2. The second-order valence-electron chi connectivity index (χ2n) is 5.49. The van der Waals surface area contributed by atoms with Gasteiger partial charge in [-0.3, -0.25) is 24.4 Å². The summed E-state index contributed by atoms with van der Waals surface area (Å²) in [5.74, 6) is -1.14. The Balaban J connectivity index is 1.83. The number of hydrogen-bond donors (Lipinski definition) is 1. The van der Waals surface area contributed by atoms with Crippen LogP contribution < -0.4 is 15.8 Å². The fourth-order valence-corrected chi connectivity index (χ4v) is 2.44. The number of rotatable bonds is 7. The molecular formula is C17H15N5O6. The number of carbonyl (C=O) groups is 1. The van der Waals surface area contributed by atoms with Crippen molar-refractivity contribution in [1.29, 1.82) is 0 Å². The van der Waals surface area contributed by atoms with Crippen molar-refractivity contribution in [2.75, 3.05) is 11.9 Å². The van der Waals surface area contributed by atoms with Gasteiger partial charge in [0.25, 0.3) is 5.69 Å². The first-order valence-corrected chi connectivity index (χ1v) is 8.18. The van der Waals surface area contributed by atoms with E-state index >= 15 is 0 Å². The molecule has 0 atom stereocenters. The van der Waals surface area contributed by atoms with Gasteiger partial charge in [-0.1, -0.05) is 11.2 Å². The average Bonchev–Trinajstić information content (AvgIpc) is 3.04. The predicted octanol–water partition coefficient (Wildman–Crippen LogP) is 1.84. The number of aromatic nitrogens is 3. The van der Waals surface area contributed by atoms with Crippen molar-refractivity contribution in [3.05, 3.63) is 63.3 Å². The highest BCUT2D eigenvalue weighted by Gasteiger charge is 2.20. The van der Waals surface area contributed by atoms with E-state index in [1.165, 1.54) is 24.4 Å². The molecule has 28 heavy (non-hydrogen) atoms. The van der Waals surface area contributed by atoms with Crippen LogP contribution in [-0.2, 0) is 11.3 Å². The number of ether oxygens (including phenoxy) is 1. The molecule has 0 spiro atoms. The van der Waals surface area contributed by atoms with Gasteiger partial charge in [-0.05, 0) is 31.2 Å². The van der Waals surface area contributed by atoms with Crippen LogP contribution in [0.3, 0.4) is 0 Å². The smallest absolute Gasteiger partial charge is 0.442 e. The van der Waals surface area contributed by atoms with Gasteiger partial charge in [0.1, 0.15) is 23.7 Å². The molecule has 0 unspecified atom stereocenters. The predicted molar refractivity (Wildman–Crippen MR) is 96.9 cm³/mol. The summed E-state index contributed by atoms with van der Waals surface area (Å²) in [6, 6.07) is 9.04. The third-order valence-corrected chi connectivity index (χ3v) is 3.63. The minimum atomic E-state index is -0.850. The van der Waals surface area contributed by atoms with Crippen LogP contribution in [0.15, 0.2) is 51.9 Å². The summed E-state index contributed by atoms with van der Waals surface area (Å²) >= 11 is 0. The molecule has 0 fully saturated rings. The third-order valence-electron chi connectivity index (χ3n) is 3.63. The van der Waals surface area contributed by atoms with E-state index in [2.05, 4.69) is 20.0 Å². The van der Waals surface area contributed by atoms with Crippen molar-refractivity contribution in [2.24, 2.45) is 0 Å². The second-order valence-corrected chi connectivity index (χ2v) is 5.49. The molecule has 0 bridgehead atoms. The number of nitrogens with zero attached hydrogens (tertiary/aromatic N) is 4. The highest BCUT2D eigenvalue weighted by Crippen LogP contribution is 2.29. The van der Waals surface area contributed by atoms with Crippen molar-refractivity contribution >= 4 is 17.3 Å². The minimum absolute atomic E-state index is 0.0256. The zero-order valence-electron chi connectivity index (χ0n) is 14.7. The van der Waals surface area contributed by atoms with Crippen molar-refractivity contribution in [2.45, 2.75) is 13.5 Å². The van der Waals surface area contributed by atoms with E-state index in [0.717, 1.165) is 4.57 Å². The van der Waals surface area contributed by atoms with Gasteiger partial charge >= 0.3 is 5.76 Å².